The van der Waals surface area contributed by atoms with Gasteiger partial charge < -0.3 is 0 Å². The number of benzene rings is 2. The maximum atomic E-state index is 12.6. The topological polar surface area (TPSA) is 37.4 Å². The van der Waals surface area contributed by atoms with E-state index in [4.69, 9.17) is 0 Å². The van der Waals surface area contributed by atoms with Crippen LogP contribution < -0.4 is 4.31 Å². The van der Waals surface area contributed by atoms with Gasteiger partial charge in [-0.1, -0.05) is 56.3 Å². The minimum atomic E-state index is -3.57. The third kappa shape index (κ3) is 4.20. The van der Waals surface area contributed by atoms with Crippen molar-refractivity contribution in [1.82, 2.24) is 0 Å². The monoisotopic (exact) mass is 303 g/mol. The summed E-state index contributed by atoms with van der Waals surface area (Å²) in [5.74, 6) is 0. The summed E-state index contributed by atoms with van der Waals surface area (Å²) in [6.07, 6.45) is 3.26. The first-order valence-electron chi connectivity index (χ1n) is 6.93. The van der Waals surface area contributed by atoms with E-state index in [-0.39, 0.29) is 4.90 Å². The van der Waals surface area contributed by atoms with Crippen molar-refractivity contribution in [2.75, 3.05) is 4.31 Å². The van der Waals surface area contributed by atoms with E-state index in [0.717, 1.165) is 0 Å². The Labute approximate surface area is 127 Å². The molecule has 112 valence electrons. The highest BCUT2D eigenvalue weighted by atomic mass is 32.2. The fourth-order valence-electron chi connectivity index (χ4n) is 1.72. The molecule has 0 spiro atoms. The molecule has 0 saturated carbocycles. The molecule has 0 fully saturated rings. The Hall–Kier alpha value is -2.07. The average molecular weight is 303 g/mol. The van der Waals surface area contributed by atoms with E-state index in [1.807, 2.05) is 32.0 Å². The van der Waals surface area contributed by atoms with Crippen LogP contribution in [-0.4, -0.2) is 8.42 Å². The molecule has 4 heteroatoms. The van der Waals surface area contributed by atoms with E-state index >= 15 is 0 Å². The molecule has 0 aliphatic rings. The smallest absolute Gasteiger partial charge is 0.242 e. The molecule has 3 nitrogen and oxygen atoms in total. The summed E-state index contributed by atoms with van der Waals surface area (Å²) >= 11 is 0. The largest absolute Gasteiger partial charge is 0.268 e. The number of rotatable bonds is 4. The standard InChI is InChI=1S/C15H15NO2S.C2H6/c1-2-13-16(14-9-5-3-6-10-14)19(17,18)15-11-7-4-8-12-15;1-2/h2-13H,1H3;1-2H3/b13-2-;. The van der Waals surface area contributed by atoms with Crippen LogP contribution in [-0.2, 0) is 10.0 Å². The maximum absolute atomic E-state index is 12.6. The van der Waals surface area contributed by atoms with Gasteiger partial charge in [-0.15, -0.1) is 0 Å². The van der Waals surface area contributed by atoms with Crippen molar-refractivity contribution in [3.63, 3.8) is 0 Å². The minimum absolute atomic E-state index is 0.275. The van der Waals surface area contributed by atoms with Crippen LogP contribution in [0.2, 0.25) is 0 Å². The lowest BCUT2D eigenvalue weighted by molar-refractivity contribution is 0.596. The summed E-state index contributed by atoms with van der Waals surface area (Å²) in [6, 6.07) is 17.4. The fraction of sp³-hybridized carbons (Fsp3) is 0.176. The number of para-hydroxylation sites is 1. The first kappa shape index (κ1) is 17.0. The molecule has 0 aliphatic heterocycles. The molecular weight excluding hydrogens is 282 g/mol. The summed E-state index contributed by atoms with van der Waals surface area (Å²) in [5, 5.41) is 0. The van der Waals surface area contributed by atoms with Crippen LogP contribution >= 0.6 is 0 Å². The second-order valence-corrected chi connectivity index (χ2v) is 5.75. The summed E-state index contributed by atoms with van der Waals surface area (Å²) < 4.78 is 26.5. The number of hydrogen-bond acceptors (Lipinski definition) is 2. The van der Waals surface area contributed by atoms with Gasteiger partial charge in [-0.2, -0.15) is 0 Å². The van der Waals surface area contributed by atoms with Crippen LogP contribution in [0.1, 0.15) is 20.8 Å². The first-order chi connectivity index (χ1) is 10.2. The van der Waals surface area contributed by atoms with E-state index in [1.54, 1.807) is 61.7 Å². The Morgan fingerprint density at radius 2 is 1.33 bits per heavy atom. The van der Waals surface area contributed by atoms with E-state index in [0.29, 0.717) is 5.69 Å². The number of nitrogens with zero attached hydrogens (tertiary/aromatic N) is 1. The molecule has 0 bridgehead atoms. The Morgan fingerprint density at radius 3 is 1.81 bits per heavy atom. The van der Waals surface area contributed by atoms with Crippen molar-refractivity contribution in [2.45, 2.75) is 25.7 Å². The summed E-state index contributed by atoms with van der Waals surface area (Å²) in [6.45, 7) is 5.79. The zero-order valence-electron chi connectivity index (χ0n) is 12.6. The lowest BCUT2D eigenvalue weighted by Crippen LogP contribution is -2.25. The number of anilines is 1. The van der Waals surface area contributed by atoms with Gasteiger partial charge in [-0.05, 0) is 31.2 Å². The Morgan fingerprint density at radius 1 is 0.857 bits per heavy atom. The van der Waals surface area contributed by atoms with Crippen LogP contribution in [0, 0.1) is 0 Å². The molecule has 0 radical (unpaired) electrons. The van der Waals surface area contributed by atoms with Gasteiger partial charge in [0, 0.05) is 6.20 Å². The molecule has 0 saturated heterocycles. The highest BCUT2D eigenvalue weighted by Crippen LogP contribution is 2.23. The number of sulfonamides is 1. The zero-order valence-corrected chi connectivity index (χ0v) is 13.4. The van der Waals surface area contributed by atoms with Gasteiger partial charge in [-0.3, -0.25) is 0 Å². The van der Waals surface area contributed by atoms with Crippen LogP contribution in [0.15, 0.2) is 77.8 Å². The molecule has 2 aromatic rings. The summed E-state index contributed by atoms with van der Waals surface area (Å²) in [7, 11) is -3.57. The normalized spacial score (nSPS) is 10.8. The van der Waals surface area contributed by atoms with Crippen molar-refractivity contribution < 1.29 is 8.42 Å². The molecule has 21 heavy (non-hydrogen) atoms. The summed E-state index contributed by atoms with van der Waals surface area (Å²) in [4.78, 5) is 0.275. The molecule has 2 rings (SSSR count). The highest BCUT2D eigenvalue weighted by molar-refractivity contribution is 7.93. The van der Waals surface area contributed by atoms with Crippen molar-refractivity contribution in [1.29, 1.82) is 0 Å². The van der Waals surface area contributed by atoms with Crippen LogP contribution in [0.25, 0.3) is 0 Å². The van der Waals surface area contributed by atoms with Gasteiger partial charge in [-0.25, -0.2) is 12.7 Å². The third-order valence-electron chi connectivity index (χ3n) is 2.60. The molecule has 0 aliphatic carbocycles. The van der Waals surface area contributed by atoms with Crippen molar-refractivity contribution >= 4 is 15.7 Å². The second-order valence-electron chi connectivity index (χ2n) is 3.93. The van der Waals surface area contributed by atoms with Crippen molar-refractivity contribution in [3.05, 3.63) is 72.9 Å². The maximum Gasteiger partial charge on any atom is 0.268 e. The molecule has 0 heterocycles. The molecule has 0 atom stereocenters. The quantitative estimate of drug-likeness (QED) is 0.837. The van der Waals surface area contributed by atoms with E-state index in [1.165, 1.54) is 4.31 Å². The molecule has 0 N–H and O–H groups in total. The zero-order chi connectivity index (χ0) is 15.7. The Kier molecular flexibility index (Phi) is 6.69. The fourth-order valence-corrected chi connectivity index (χ4v) is 3.13. The second kappa shape index (κ2) is 8.27. The minimum Gasteiger partial charge on any atom is -0.242 e. The SMILES string of the molecule is C/C=C\N(c1ccccc1)S(=O)(=O)c1ccccc1.CC. The molecule has 0 aromatic heterocycles. The predicted molar refractivity (Wildman–Crippen MR) is 88.7 cm³/mol. The Balaban J connectivity index is 0.00000106. The van der Waals surface area contributed by atoms with Gasteiger partial charge in [0.05, 0.1) is 10.6 Å². The van der Waals surface area contributed by atoms with Gasteiger partial charge in [0.25, 0.3) is 10.0 Å². The Bertz CT molecular complexity index is 650. The summed E-state index contributed by atoms with van der Waals surface area (Å²) in [5.41, 5.74) is 0.615. The van der Waals surface area contributed by atoms with Gasteiger partial charge >= 0.3 is 0 Å². The van der Waals surface area contributed by atoms with Gasteiger partial charge in [0.1, 0.15) is 0 Å². The van der Waals surface area contributed by atoms with Crippen LogP contribution in [0.3, 0.4) is 0 Å². The molecule has 2 aromatic carbocycles. The van der Waals surface area contributed by atoms with Crippen LogP contribution in [0.4, 0.5) is 5.69 Å². The lowest BCUT2D eigenvalue weighted by Gasteiger charge is -2.20. The molecule has 0 unspecified atom stereocenters. The van der Waals surface area contributed by atoms with Gasteiger partial charge in [0.15, 0.2) is 0 Å². The van der Waals surface area contributed by atoms with Crippen molar-refractivity contribution in [3.8, 4) is 0 Å². The molecular formula is C17H21NO2S. The van der Waals surface area contributed by atoms with E-state index < -0.39 is 10.0 Å². The van der Waals surface area contributed by atoms with Crippen molar-refractivity contribution in [2.24, 2.45) is 0 Å². The number of allylic oxidation sites excluding steroid dienone is 1. The molecule has 0 amide bonds. The van der Waals surface area contributed by atoms with Crippen LogP contribution in [0.5, 0.6) is 0 Å². The predicted octanol–water partition coefficient (Wildman–Crippen LogP) is 4.44. The number of hydrogen-bond donors (Lipinski definition) is 0. The highest BCUT2D eigenvalue weighted by Gasteiger charge is 2.22. The van der Waals surface area contributed by atoms with E-state index in [2.05, 4.69) is 0 Å². The van der Waals surface area contributed by atoms with Gasteiger partial charge in [0.2, 0.25) is 0 Å². The third-order valence-corrected chi connectivity index (χ3v) is 4.31. The van der Waals surface area contributed by atoms with E-state index in [9.17, 15) is 8.42 Å². The first-order valence-corrected chi connectivity index (χ1v) is 8.37. The average Bonchev–Trinajstić information content (AvgIpc) is 2.56. The lowest BCUT2D eigenvalue weighted by atomic mass is 10.3.